The van der Waals surface area contributed by atoms with Gasteiger partial charge in [-0.2, -0.15) is 0 Å². The molecule has 6 nitrogen and oxygen atoms in total. The molecule has 2 rings (SSSR count). The van der Waals surface area contributed by atoms with Crippen molar-refractivity contribution in [3.8, 4) is 5.75 Å². The first-order valence-electron chi connectivity index (χ1n) is 6.08. The SMILES string of the molecule is Cc1cc(OCC(=O)NNC(=O)c2ccco2)ccc1Cl. The number of rotatable bonds is 4. The lowest BCUT2D eigenvalue weighted by Gasteiger charge is -2.08. The first-order valence-corrected chi connectivity index (χ1v) is 6.45. The van der Waals surface area contributed by atoms with Gasteiger partial charge in [-0.1, -0.05) is 11.6 Å². The topological polar surface area (TPSA) is 80.6 Å². The van der Waals surface area contributed by atoms with E-state index in [9.17, 15) is 9.59 Å². The lowest BCUT2D eigenvalue weighted by Crippen LogP contribution is -2.43. The van der Waals surface area contributed by atoms with Crippen LogP contribution in [0.2, 0.25) is 5.02 Å². The van der Waals surface area contributed by atoms with Gasteiger partial charge in [-0.05, 0) is 42.8 Å². The van der Waals surface area contributed by atoms with E-state index in [2.05, 4.69) is 10.9 Å². The maximum Gasteiger partial charge on any atom is 0.305 e. The van der Waals surface area contributed by atoms with Crippen LogP contribution in [0.3, 0.4) is 0 Å². The molecule has 0 fully saturated rings. The Morgan fingerprint density at radius 2 is 2.10 bits per heavy atom. The summed E-state index contributed by atoms with van der Waals surface area (Å²) in [6, 6.07) is 8.11. The van der Waals surface area contributed by atoms with Crippen LogP contribution in [-0.2, 0) is 4.79 Å². The van der Waals surface area contributed by atoms with E-state index in [1.54, 1.807) is 24.3 Å². The van der Waals surface area contributed by atoms with E-state index in [-0.39, 0.29) is 12.4 Å². The second-order valence-corrected chi connectivity index (χ2v) is 4.59. The molecule has 0 saturated carbocycles. The molecule has 0 atom stereocenters. The van der Waals surface area contributed by atoms with E-state index in [4.69, 9.17) is 20.8 Å². The lowest BCUT2D eigenvalue weighted by molar-refractivity contribution is -0.123. The zero-order valence-corrected chi connectivity index (χ0v) is 11.9. The number of carbonyl (C=O) groups excluding carboxylic acids is 2. The van der Waals surface area contributed by atoms with Gasteiger partial charge in [-0.25, -0.2) is 0 Å². The van der Waals surface area contributed by atoms with E-state index in [1.807, 2.05) is 6.92 Å². The van der Waals surface area contributed by atoms with Crippen molar-refractivity contribution in [2.24, 2.45) is 0 Å². The summed E-state index contributed by atoms with van der Waals surface area (Å²) in [6.45, 7) is 1.60. The molecule has 0 aliphatic carbocycles. The Morgan fingerprint density at radius 1 is 1.29 bits per heavy atom. The van der Waals surface area contributed by atoms with Gasteiger partial charge < -0.3 is 9.15 Å². The number of hydrogen-bond donors (Lipinski definition) is 2. The van der Waals surface area contributed by atoms with Gasteiger partial charge in [-0.3, -0.25) is 20.4 Å². The molecule has 0 aliphatic heterocycles. The van der Waals surface area contributed by atoms with Gasteiger partial charge in [0.1, 0.15) is 5.75 Å². The van der Waals surface area contributed by atoms with Gasteiger partial charge in [0, 0.05) is 5.02 Å². The molecule has 0 saturated heterocycles. The van der Waals surface area contributed by atoms with Crippen LogP contribution in [0.15, 0.2) is 41.0 Å². The molecule has 0 spiro atoms. The average molecular weight is 309 g/mol. The third kappa shape index (κ3) is 4.25. The van der Waals surface area contributed by atoms with Crippen LogP contribution in [0.25, 0.3) is 0 Å². The number of nitrogens with one attached hydrogen (secondary N) is 2. The minimum atomic E-state index is -0.546. The minimum absolute atomic E-state index is 0.101. The maximum absolute atomic E-state index is 11.5. The number of ether oxygens (including phenoxy) is 1. The van der Waals surface area contributed by atoms with Crippen LogP contribution < -0.4 is 15.6 Å². The summed E-state index contributed by atoms with van der Waals surface area (Å²) in [6.07, 6.45) is 1.36. The van der Waals surface area contributed by atoms with Crippen LogP contribution in [0, 0.1) is 6.92 Å². The normalized spacial score (nSPS) is 10.0. The highest BCUT2D eigenvalue weighted by Crippen LogP contribution is 2.20. The predicted octanol–water partition coefficient (Wildman–Crippen LogP) is 2.08. The Balaban J connectivity index is 1.77. The second-order valence-electron chi connectivity index (χ2n) is 4.18. The number of hydrogen-bond acceptors (Lipinski definition) is 4. The lowest BCUT2D eigenvalue weighted by atomic mass is 10.2. The van der Waals surface area contributed by atoms with Crippen LogP contribution >= 0.6 is 11.6 Å². The van der Waals surface area contributed by atoms with Crippen molar-refractivity contribution in [2.45, 2.75) is 6.92 Å². The molecular weight excluding hydrogens is 296 g/mol. The first-order chi connectivity index (χ1) is 10.1. The van der Waals surface area contributed by atoms with E-state index in [1.165, 1.54) is 12.3 Å². The van der Waals surface area contributed by atoms with Crippen molar-refractivity contribution in [3.05, 3.63) is 52.9 Å². The summed E-state index contributed by atoms with van der Waals surface area (Å²) in [5, 5.41) is 0.623. The van der Waals surface area contributed by atoms with Gasteiger partial charge in [0.25, 0.3) is 5.91 Å². The monoisotopic (exact) mass is 308 g/mol. The Labute approximate surface area is 126 Å². The highest BCUT2D eigenvalue weighted by atomic mass is 35.5. The summed E-state index contributed by atoms with van der Waals surface area (Å²) in [5.74, 6) is -0.424. The van der Waals surface area contributed by atoms with Crippen LogP contribution in [-0.4, -0.2) is 18.4 Å². The van der Waals surface area contributed by atoms with Crippen LogP contribution in [0.1, 0.15) is 16.1 Å². The van der Waals surface area contributed by atoms with Gasteiger partial charge in [0.2, 0.25) is 0 Å². The maximum atomic E-state index is 11.5. The van der Waals surface area contributed by atoms with Crippen molar-refractivity contribution in [1.82, 2.24) is 10.9 Å². The number of furan rings is 1. The molecular formula is C14H13ClN2O4. The molecule has 0 aliphatic rings. The predicted molar refractivity (Wildman–Crippen MR) is 76.0 cm³/mol. The fourth-order valence-corrected chi connectivity index (χ4v) is 1.61. The number of aryl methyl sites for hydroxylation is 1. The van der Waals surface area contributed by atoms with Gasteiger partial charge in [-0.15, -0.1) is 0 Å². The molecule has 0 radical (unpaired) electrons. The van der Waals surface area contributed by atoms with E-state index >= 15 is 0 Å². The Hall–Kier alpha value is -2.47. The Bertz CT molecular complexity index is 640. The number of halogens is 1. The molecule has 7 heteroatoms. The van der Waals surface area contributed by atoms with Gasteiger partial charge >= 0.3 is 5.91 Å². The van der Waals surface area contributed by atoms with Crippen molar-refractivity contribution in [1.29, 1.82) is 0 Å². The minimum Gasteiger partial charge on any atom is -0.484 e. The zero-order chi connectivity index (χ0) is 15.2. The van der Waals surface area contributed by atoms with Crippen molar-refractivity contribution >= 4 is 23.4 Å². The number of benzene rings is 1. The van der Waals surface area contributed by atoms with E-state index in [0.717, 1.165) is 5.56 Å². The molecule has 2 N–H and O–H groups in total. The molecule has 1 aromatic heterocycles. The Morgan fingerprint density at radius 3 is 2.76 bits per heavy atom. The summed E-state index contributed by atoms with van der Waals surface area (Å²) >= 11 is 5.89. The zero-order valence-electron chi connectivity index (χ0n) is 11.2. The van der Waals surface area contributed by atoms with Crippen molar-refractivity contribution in [3.63, 3.8) is 0 Å². The number of carbonyl (C=O) groups is 2. The van der Waals surface area contributed by atoms with Crippen molar-refractivity contribution in [2.75, 3.05) is 6.61 Å². The largest absolute Gasteiger partial charge is 0.484 e. The highest BCUT2D eigenvalue weighted by Gasteiger charge is 2.10. The van der Waals surface area contributed by atoms with Crippen LogP contribution in [0.5, 0.6) is 5.75 Å². The van der Waals surface area contributed by atoms with E-state index < -0.39 is 11.8 Å². The molecule has 0 bridgehead atoms. The fourth-order valence-electron chi connectivity index (χ4n) is 1.49. The highest BCUT2D eigenvalue weighted by molar-refractivity contribution is 6.31. The molecule has 110 valence electrons. The molecule has 2 amide bonds. The van der Waals surface area contributed by atoms with Crippen molar-refractivity contribution < 1.29 is 18.7 Å². The summed E-state index contributed by atoms with van der Waals surface area (Å²) in [7, 11) is 0. The number of hydrazine groups is 1. The molecule has 21 heavy (non-hydrogen) atoms. The van der Waals surface area contributed by atoms with E-state index in [0.29, 0.717) is 10.8 Å². The quantitative estimate of drug-likeness (QED) is 0.847. The number of amides is 2. The molecule has 2 aromatic rings. The second kappa shape index (κ2) is 6.81. The first kappa shape index (κ1) is 14.9. The third-order valence-electron chi connectivity index (χ3n) is 2.56. The molecule has 0 unspecified atom stereocenters. The smallest absolute Gasteiger partial charge is 0.305 e. The van der Waals surface area contributed by atoms with Crippen LogP contribution in [0.4, 0.5) is 0 Å². The standard InChI is InChI=1S/C14H13ClN2O4/c1-9-7-10(4-5-11(9)15)21-8-13(18)16-17-14(19)12-3-2-6-20-12/h2-7H,8H2,1H3,(H,16,18)(H,17,19). The van der Waals surface area contributed by atoms with Gasteiger partial charge in [0.15, 0.2) is 12.4 Å². The third-order valence-corrected chi connectivity index (χ3v) is 2.98. The average Bonchev–Trinajstić information content (AvgIpc) is 3.00. The fraction of sp³-hybridized carbons (Fsp3) is 0.143. The Kier molecular flexibility index (Phi) is 4.84. The molecule has 1 aromatic carbocycles. The van der Waals surface area contributed by atoms with Gasteiger partial charge in [0.05, 0.1) is 6.26 Å². The summed E-state index contributed by atoms with van der Waals surface area (Å²) in [4.78, 5) is 23.0. The molecule has 1 heterocycles. The summed E-state index contributed by atoms with van der Waals surface area (Å²) in [5.41, 5.74) is 5.27. The summed E-state index contributed by atoms with van der Waals surface area (Å²) < 4.78 is 10.2.